The highest BCUT2D eigenvalue weighted by atomic mass is 19.4. The van der Waals surface area contributed by atoms with Crippen molar-refractivity contribution in [1.82, 2.24) is 4.90 Å². The van der Waals surface area contributed by atoms with Gasteiger partial charge in [-0.25, -0.2) is 14.0 Å². The summed E-state index contributed by atoms with van der Waals surface area (Å²) in [5.41, 5.74) is 1.14. The number of benzene rings is 2. The van der Waals surface area contributed by atoms with Crippen molar-refractivity contribution >= 4 is 17.7 Å². The third kappa shape index (κ3) is 12.0. The zero-order valence-corrected chi connectivity index (χ0v) is 20.6. The number of hydrogen-bond acceptors (Lipinski definition) is 4. The second-order valence-corrected chi connectivity index (χ2v) is 8.33. The van der Waals surface area contributed by atoms with Gasteiger partial charge in [0.15, 0.2) is 6.10 Å². The SMILES string of the molecule is CCOC(Cc1ccc(OCCN(CCCCCC(F)(F)F)C(=O)Nc2ccc(F)cc2)cc1)C(=O)O. The van der Waals surface area contributed by atoms with Gasteiger partial charge in [-0.1, -0.05) is 18.6 Å². The minimum Gasteiger partial charge on any atom is -0.492 e. The third-order valence-electron chi connectivity index (χ3n) is 5.39. The van der Waals surface area contributed by atoms with Crippen LogP contribution >= 0.6 is 0 Å². The summed E-state index contributed by atoms with van der Waals surface area (Å²) in [4.78, 5) is 25.4. The van der Waals surface area contributed by atoms with E-state index in [9.17, 15) is 32.3 Å². The molecule has 11 heteroatoms. The molecule has 0 radical (unpaired) electrons. The van der Waals surface area contributed by atoms with E-state index in [-0.39, 0.29) is 39.1 Å². The van der Waals surface area contributed by atoms with Gasteiger partial charge in [-0.2, -0.15) is 13.2 Å². The fraction of sp³-hybridized carbons (Fsp3) is 0.462. The van der Waals surface area contributed by atoms with Crippen LogP contribution in [0, 0.1) is 5.82 Å². The molecule has 1 atom stereocenters. The molecule has 37 heavy (non-hydrogen) atoms. The van der Waals surface area contributed by atoms with Crippen LogP contribution in [-0.4, -0.2) is 60.6 Å². The van der Waals surface area contributed by atoms with E-state index in [1.165, 1.54) is 29.2 Å². The average Bonchev–Trinajstić information content (AvgIpc) is 2.84. The topological polar surface area (TPSA) is 88.1 Å². The molecular weight excluding hydrogens is 496 g/mol. The van der Waals surface area contributed by atoms with Gasteiger partial charge in [0.25, 0.3) is 0 Å². The Bertz CT molecular complexity index is 968. The number of urea groups is 1. The van der Waals surface area contributed by atoms with Gasteiger partial charge in [0.1, 0.15) is 18.2 Å². The van der Waals surface area contributed by atoms with E-state index in [1.54, 1.807) is 31.2 Å². The Labute approximate surface area is 213 Å². The molecule has 2 rings (SSSR count). The highest BCUT2D eigenvalue weighted by molar-refractivity contribution is 5.89. The molecule has 0 saturated carbocycles. The molecule has 2 N–H and O–H groups in total. The summed E-state index contributed by atoms with van der Waals surface area (Å²) in [6.07, 6.45) is -5.15. The molecule has 2 aromatic rings. The van der Waals surface area contributed by atoms with Crippen LogP contribution in [0.15, 0.2) is 48.5 Å². The zero-order chi connectivity index (χ0) is 27.3. The van der Waals surface area contributed by atoms with Crippen molar-refractivity contribution < 1.29 is 41.7 Å². The third-order valence-corrected chi connectivity index (χ3v) is 5.39. The lowest BCUT2D eigenvalue weighted by atomic mass is 10.1. The first kappa shape index (κ1) is 29.9. The summed E-state index contributed by atoms with van der Waals surface area (Å²) in [7, 11) is 0. The Hall–Kier alpha value is -3.34. The van der Waals surface area contributed by atoms with Gasteiger partial charge in [0, 0.05) is 31.7 Å². The van der Waals surface area contributed by atoms with E-state index < -0.39 is 36.5 Å². The summed E-state index contributed by atoms with van der Waals surface area (Å²) in [5, 5.41) is 11.9. The van der Waals surface area contributed by atoms with Gasteiger partial charge in [0.05, 0.1) is 6.54 Å². The number of hydrogen-bond donors (Lipinski definition) is 2. The quantitative estimate of drug-likeness (QED) is 0.222. The number of carbonyl (C=O) groups is 2. The summed E-state index contributed by atoms with van der Waals surface area (Å²) in [5.74, 6) is -0.981. The lowest BCUT2D eigenvalue weighted by Gasteiger charge is -2.23. The number of halogens is 4. The van der Waals surface area contributed by atoms with Crippen molar-refractivity contribution in [3.8, 4) is 5.75 Å². The van der Waals surface area contributed by atoms with Crippen LogP contribution in [0.4, 0.5) is 28.0 Å². The molecule has 0 saturated heterocycles. The molecule has 0 aliphatic carbocycles. The average molecular weight is 529 g/mol. The number of anilines is 1. The maximum atomic E-state index is 13.1. The number of carboxylic acid groups (broad SMARTS) is 1. The molecule has 2 amide bonds. The smallest absolute Gasteiger partial charge is 0.389 e. The Balaban J connectivity index is 1.90. The maximum absolute atomic E-state index is 13.1. The number of ether oxygens (including phenoxy) is 2. The number of nitrogens with zero attached hydrogens (tertiary/aromatic N) is 1. The first-order valence-electron chi connectivity index (χ1n) is 12.0. The van der Waals surface area contributed by atoms with E-state index in [0.29, 0.717) is 24.3 Å². The second-order valence-electron chi connectivity index (χ2n) is 8.33. The number of carboxylic acids is 1. The Morgan fingerprint density at radius 2 is 1.68 bits per heavy atom. The predicted molar refractivity (Wildman–Crippen MR) is 130 cm³/mol. The zero-order valence-electron chi connectivity index (χ0n) is 20.6. The fourth-order valence-corrected chi connectivity index (χ4v) is 3.48. The predicted octanol–water partition coefficient (Wildman–Crippen LogP) is 5.89. The van der Waals surface area contributed by atoms with Crippen LogP contribution in [0.3, 0.4) is 0 Å². The number of amides is 2. The largest absolute Gasteiger partial charge is 0.492 e. The summed E-state index contributed by atoms with van der Waals surface area (Å²) < 4.78 is 61.2. The molecule has 204 valence electrons. The number of unbranched alkanes of at least 4 members (excludes halogenated alkanes) is 2. The van der Waals surface area contributed by atoms with Gasteiger partial charge in [-0.3, -0.25) is 0 Å². The van der Waals surface area contributed by atoms with Crippen molar-refractivity contribution in [2.75, 3.05) is 31.6 Å². The number of alkyl halides is 3. The monoisotopic (exact) mass is 528 g/mol. The van der Waals surface area contributed by atoms with Crippen LogP contribution < -0.4 is 10.1 Å². The molecule has 0 bridgehead atoms. The maximum Gasteiger partial charge on any atom is 0.389 e. The molecule has 0 aromatic heterocycles. The molecule has 0 aliphatic heterocycles. The van der Waals surface area contributed by atoms with Gasteiger partial charge >= 0.3 is 18.2 Å². The molecule has 7 nitrogen and oxygen atoms in total. The first-order valence-corrected chi connectivity index (χ1v) is 12.0. The van der Waals surface area contributed by atoms with Crippen LogP contribution in [0.2, 0.25) is 0 Å². The number of rotatable bonds is 15. The standard InChI is InChI=1S/C26H32F4N2O5/c1-2-36-23(24(33)34)18-19-6-12-22(13-7-19)37-17-16-32(15-5-3-4-14-26(28,29)30)25(35)31-21-10-8-20(27)9-11-21/h6-13,23H,2-5,14-18H2,1H3,(H,31,35)(H,33,34). The first-order chi connectivity index (χ1) is 17.6. The summed E-state index contributed by atoms with van der Waals surface area (Å²) in [6, 6.07) is 11.6. The molecular formula is C26H32F4N2O5. The van der Waals surface area contributed by atoms with Crippen LogP contribution in [0.25, 0.3) is 0 Å². The van der Waals surface area contributed by atoms with Crippen molar-refractivity contribution in [2.45, 2.75) is 51.3 Å². The Morgan fingerprint density at radius 1 is 1.00 bits per heavy atom. The van der Waals surface area contributed by atoms with E-state index in [2.05, 4.69) is 5.32 Å². The van der Waals surface area contributed by atoms with E-state index >= 15 is 0 Å². The van der Waals surface area contributed by atoms with Gasteiger partial charge < -0.3 is 24.8 Å². The Kier molecular flexibility index (Phi) is 12.1. The summed E-state index contributed by atoms with van der Waals surface area (Å²) in [6.45, 7) is 2.51. The van der Waals surface area contributed by atoms with E-state index in [1.807, 2.05) is 0 Å². The molecule has 0 aliphatic rings. The number of nitrogens with one attached hydrogen (secondary N) is 1. The van der Waals surface area contributed by atoms with Crippen LogP contribution in [0.1, 0.15) is 38.2 Å². The highest BCUT2D eigenvalue weighted by Crippen LogP contribution is 2.23. The van der Waals surface area contributed by atoms with E-state index in [0.717, 1.165) is 5.56 Å². The summed E-state index contributed by atoms with van der Waals surface area (Å²) >= 11 is 0. The van der Waals surface area contributed by atoms with Crippen LogP contribution in [0.5, 0.6) is 5.75 Å². The van der Waals surface area contributed by atoms with Crippen molar-refractivity contribution in [1.29, 1.82) is 0 Å². The normalized spacial score (nSPS) is 12.1. The van der Waals surface area contributed by atoms with Crippen molar-refractivity contribution in [3.63, 3.8) is 0 Å². The molecule has 2 aromatic carbocycles. The van der Waals surface area contributed by atoms with E-state index in [4.69, 9.17) is 9.47 Å². The Morgan fingerprint density at radius 3 is 2.27 bits per heavy atom. The lowest BCUT2D eigenvalue weighted by Crippen LogP contribution is -2.38. The van der Waals surface area contributed by atoms with Gasteiger partial charge in [-0.15, -0.1) is 0 Å². The van der Waals surface area contributed by atoms with Crippen molar-refractivity contribution in [3.05, 3.63) is 59.9 Å². The molecule has 1 unspecified atom stereocenters. The molecule has 0 spiro atoms. The lowest BCUT2D eigenvalue weighted by molar-refractivity contribution is -0.150. The van der Waals surface area contributed by atoms with Crippen LogP contribution in [-0.2, 0) is 16.0 Å². The number of aliphatic carboxylic acids is 1. The van der Waals surface area contributed by atoms with Gasteiger partial charge in [-0.05, 0) is 61.7 Å². The minimum atomic E-state index is -4.21. The van der Waals surface area contributed by atoms with Gasteiger partial charge in [0.2, 0.25) is 0 Å². The van der Waals surface area contributed by atoms with Crippen molar-refractivity contribution in [2.24, 2.45) is 0 Å². The minimum absolute atomic E-state index is 0.0220. The molecule has 0 fully saturated rings. The fourth-order valence-electron chi connectivity index (χ4n) is 3.48. The highest BCUT2D eigenvalue weighted by Gasteiger charge is 2.26. The number of carbonyl (C=O) groups excluding carboxylic acids is 1. The molecule has 0 heterocycles. The second kappa shape index (κ2) is 15.0.